The first kappa shape index (κ1) is 17.1. The van der Waals surface area contributed by atoms with Gasteiger partial charge in [0.2, 0.25) is 0 Å². The fraction of sp³-hybridized carbons (Fsp3) is 0.727. The molecule has 0 aromatic carbocycles. The number of hydrogen-bond acceptors (Lipinski definition) is 5. The van der Waals surface area contributed by atoms with Gasteiger partial charge in [0, 0.05) is 26.0 Å². The molecule has 0 spiro atoms. The van der Waals surface area contributed by atoms with Gasteiger partial charge >= 0.3 is 7.60 Å². The van der Waals surface area contributed by atoms with E-state index in [-0.39, 0.29) is 5.44 Å². The number of aromatic nitrogens is 2. The lowest BCUT2D eigenvalue weighted by Crippen LogP contribution is -2.12. The molecule has 1 heterocycles. The first-order valence-electron chi connectivity index (χ1n) is 6.04. The molecular weight excluding hydrogens is 307 g/mol. The van der Waals surface area contributed by atoms with Crippen LogP contribution in [0.15, 0.2) is 5.03 Å². The zero-order valence-corrected chi connectivity index (χ0v) is 14.3. The van der Waals surface area contributed by atoms with Gasteiger partial charge in [-0.3, -0.25) is 9.25 Å². The molecule has 1 aromatic heterocycles. The minimum atomic E-state index is -3.42. The number of halogens is 1. The molecule has 0 aliphatic carbocycles. The van der Waals surface area contributed by atoms with E-state index in [9.17, 15) is 4.57 Å². The van der Waals surface area contributed by atoms with Crippen LogP contribution in [0.1, 0.15) is 27.2 Å². The topological polar surface area (TPSA) is 53.4 Å². The smallest absolute Gasteiger partial charge is 0.307 e. The standard InChI is InChI=1S/C11H20ClN2O3PS/c1-6-7-14-11(19-8(2)3)9(12)10(13-14)18(15,16-4)17-5/h8H,6-7H2,1-5H3. The summed E-state index contributed by atoms with van der Waals surface area (Å²) in [5.41, 5.74) is 0.191. The summed E-state index contributed by atoms with van der Waals surface area (Å²) in [4.78, 5) is 0. The monoisotopic (exact) mass is 326 g/mol. The number of thioether (sulfide) groups is 1. The quantitative estimate of drug-likeness (QED) is 0.566. The van der Waals surface area contributed by atoms with Crippen molar-refractivity contribution in [1.29, 1.82) is 0 Å². The van der Waals surface area contributed by atoms with Crippen LogP contribution in [0.2, 0.25) is 5.02 Å². The molecule has 0 bridgehead atoms. The van der Waals surface area contributed by atoms with Gasteiger partial charge in [-0.2, -0.15) is 5.10 Å². The lowest BCUT2D eigenvalue weighted by Gasteiger charge is -2.10. The van der Waals surface area contributed by atoms with Crippen molar-refractivity contribution in [2.75, 3.05) is 14.2 Å². The van der Waals surface area contributed by atoms with Crippen molar-refractivity contribution in [3.05, 3.63) is 5.02 Å². The first-order chi connectivity index (χ1) is 8.89. The molecule has 0 aliphatic heterocycles. The van der Waals surface area contributed by atoms with E-state index in [4.69, 9.17) is 20.6 Å². The number of aryl methyl sites for hydroxylation is 1. The van der Waals surface area contributed by atoms with Crippen LogP contribution in [0, 0.1) is 0 Å². The van der Waals surface area contributed by atoms with Gasteiger partial charge < -0.3 is 9.05 Å². The maximum atomic E-state index is 12.4. The third kappa shape index (κ3) is 3.76. The molecule has 0 unspecified atom stereocenters. The molecular formula is C11H20ClN2O3PS. The Kier molecular flexibility index (Phi) is 6.40. The van der Waals surface area contributed by atoms with Crippen molar-refractivity contribution in [2.45, 2.75) is 44.0 Å². The molecule has 5 nitrogen and oxygen atoms in total. The number of hydrogen-bond donors (Lipinski definition) is 0. The molecule has 1 rings (SSSR count). The molecule has 1 aromatic rings. The van der Waals surface area contributed by atoms with E-state index in [0.29, 0.717) is 16.8 Å². The Hall–Kier alpha value is -0.0000000000000000555. The van der Waals surface area contributed by atoms with Gasteiger partial charge in [-0.1, -0.05) is 32.4 Å². The first-order valence-corrected chi connectivity index (χ1v) is 8.84. The highest BCUT2D eigenvalue weighted by Gasteiger charge is 2.34. The van der Waals surface area contributed by atoms with Gasteiger partial charge in [0.05, 0.1) is 0 Å². The molecule has 0 saturated carbocycles. The van der Waals surface area contributed by atoms with Crippen molar-refractivity contribution in [2.24, 2.45) is 0 Å². The largest absolute Gasteiger partial charge is 0.382 e. The Morgan fingerprint density at radius 2 is 2.00 bits per heavy atom. The molecule has 0 fully saturated rings. The minimum absolute atomic E-state index is 0.191. The van der Waals surface area contributed by atoms with Gasteiger partial charge in [-0.15, -0.1) is 11.8 Å². The average Bonchev–Trinajstić information content (AvgIpc) is 2.67. The number of nitrogens with zero attached hydrogens (tertiary/aromatic N) is 2. The second kappa shape index (κ2) is 7.14. The highest BCUT2D eigenvalue weighted by atomic mass is 35.5. The van der Waals surface area contributed by atoms with E-state index >= 15 is 0 Å². The fourth-order valence-electron chi connectivity index (χ4n) is 1.53. The van der Waals surface area contributed by atoms with Crippen molar-refractivity contribution in [1.82, 2.24) is 9.78 Å². The summed E-state index contributed by atoms with van der Waals surface area (Å²) < 4.78 is 24.1. The van der Waals surface area contributed by atoms with E-state index in [0.717, 1.165) is 11.4 Å². The van der Waals surface area contributed by atoms with Crippen molar-refractivity contribution >= 4 is 36.4 Å². The summed E-state index contributed by atoms with van der Waals surface area (Å²) in [6.07, 6.45) is 0.910. The molecule has 0 radical (unpaired) electrons. The average molecular weight is 327 g/mol. The van der Waals surface area contributed by atoms with E-state index in [1.165, 1.54) is 14.2 Å². The Morgan fingerprint density at radius 3 is 2.42 bits per heavy atom. The summed E-state index contributed by atoms with van der Waals surface area (Å²) >= 11 is 7.90. The van der Waals surface area contributed by atoms with Crippen molar-refractivity contribution in [3.8, 4) is 0 Å². The normalized spacial score (nSPS) is 12.4. The lowest BCUT2D eigenvalue weighted by atomic mass is 10.5. The zero-order valence-electron chi connectivity index (χ0n) is 11.8. The van der Waals surface area contributed by atoms with Crippen LogP contribution in [-0.2, 0) is 20.2 Å². The van der Waals surface area contributed by atoms with Crippen LogP contribution in [0.25, 0.3) is 0 Å². The fourth-order valence-corrected chi connectivity index (χ4v) is 4.15. The maximum Gasteiger partial charge on any atom is 0.382 e. The van der Waals surface area contributed by atoms with Crippen LogP contribution < -0.4 is 5.44 Å². The molecule has 8 heteroatoms. The predicted octanol–water partition coefficient (Wildman–Crippen LogP) is 3.56. The van der Waals surface area contributed by atoms with Gasteiger partial charge in [0.1, 0.15) is 10.0 Å². The summed E-state index contributed by atoms with van der Waals surface area (Å²) in [6, 6.07) is 0. The molecule has 19 heavy (non-hydrogen) atoms. The molecule has 0 atom stereocenters. The molecule has 0 N–H and O–H groups in total. The van der Waals surface area contributed by atoms with E-state index in [1.807, 2.05) is 6.92 Å². The van der Waals surface area contributed by atoms with Gasteiger partial charge in [-0.05, 0) is 6.42 Å². The Labute approximate surface area is 123 Å². The van der Waals surface area contributed by atoms with Crippen LogP contribution in [0.4, 0.5) is 0 Å². The third-order valence-corrected chi connectivity index (χ3v) is 5.86. The van der Waals surface area contributed by atoms with Crippen molar-refractivity contribution < 1.29 is 13.6 Å². The van der Waals surface area contributed by atoms with E-state index in [1.54, 1.807) is 16.4 Å². The SMILES string of the molecule is CCCn1nc(P(=O)(OC)OC)c(Cl)c1SC(C)C. The molecule has 0 amide bonds. The van der Waals surface area contributed by atoms with Crippen LogP contribution in [0.5, 0.6) is 0 Å². The van der Waals surface area contributed by atoms with E-state index in [2.05, 4.69) is 18.9 Å². The molecule has 0 aliphatic rings. The van der Waals surface area contributed by atoms with Crippen LogP contribution >= 0.6 is 31.0 Å². The third-order valence-electron chi connectivity index (χ3n) is 2.36. The van der Waals surface area contributed by atoms with Crippen LogP contribution in [0.3, 0.4) is 0 Å². The minimum Gasteiger partial charge on any atom is -0.307 e. The zero-order chi connectivity index (χ0) is 14.6. The van der Waals surface area contributed by atoms with Crippen molar-refractivity contribution in [3.63, 3.8) is 0 Å². The lowest BCUT2D eigenvalue weighted by molar-refractivity contribution is 0.286. The van der Waals surface area contributed by atoms with E-state index < -0.39 is 7.60 Å². The Morgan fingerprint density at radius 1 is 1.42 bits per heavy atom. The van der Waals surface area contributed by atoms with Gasteiger partial charge in [-0.25, -0.2) is 0 Å². The Bertz CT molecular complexity index is 471. The van der Waals surface area contributed by atoms with Crippen LogP contribution in [-0.4, -0.2) is 29.3 Å². The molecule has 0 saturated heterocycles. The Balaban J connectivity index is 3.32. The highest BCUT2D eigenvalue weighted by Crippen LogP contribution is 2.48. The highest BCUT2D eigenvalue weighted by molar-refractivity contribution is 8.00. The predicted molar refractivity (Wildman–Crippen MR) is 79.8 cm³/mol. The second-order valence-corrected chi connectivity index (χ2v) is 8.29. The summed E-state index contributed by atoms with van der Waals surface area (Å²) in [6.45, 7) is 6.89. The van der Waals surface area contributed by atoms with Gasteiger partial charge in [0.25, 0.3) is 0 Å². The molecule has 110 valence electrons. The summed E-state index contributed by atoms with van der Waals surface area (Å²) in [7, 11) is -0.765. The second-order valence-electron chi connectivity index (χ2n) is 4.20. The summed E-state index contributed by atoms with van der Waals surface area (Å²) in [5, 5.41) is 5.83. The number of rotatable bonds is 7. The maximum absolute atomic E-state index is 12.4. The summed E-state index contributed by atoms with van der Waals surface area (Å²) in [5.74, 6) is 0. The van der Waals surface area contributed by atoms with Gasteiger partial charge in [0.15, 0.2) is 5.44 Å².